The third-order valence-electron chi connectivity index (χ3n) is 6.73. The lowest BCUT2D eigenvalue weighted by atomic mass is 9.85. The lowest BCUT2D eigenvalue weighted by Gasteiger charge is -2.35. The van der Waals surface area contributed by atoms with Crippen LogP contribution in [0.1, 0.15) is 50.1 Å². The van der Waals surface area contributed by atoms with Crippen LogP contribution in [0.25, 0.3) is 11.2 Å². The summed E-state index contributed by atoms with van der Waals surface area (Å²) in [6, 6.07) is 3.67. The van der Waals surface area contributed by atoms with Crippen molar-refractivity contribution < 1.29 is 18.0 Å². The lowest BCUT2D eigenvalue weighted by Crippen LogP contribution is -2.44. The third kappa shape index (κ3) is 4.63. The average Bonchev–Trinajstić information content (AvgIpc) is 3.17. The number of amides is 1. The van der Waals surface area contributed by atoms with Crippen molar-refractivity contribution in [2.75, 3.05) is 10.6 Å². The molecule has 2 heterocycles. The van der Waals surface area contributed by atoms with E-state index in [0.29, 0.717) is 36.8 Å². The highest BCUT2D eigenvalue weighted by Gasteiger charge is 2.45. The zero-order valence-electron chi connectivity index (χ0n) is 18.9. The molecule has 1 amide bonds. The zero-order valence-corrected chi connectivity index (χ0v) is 19.7. The number of halogens is 4. The Balaban J connectivity index is 1.52. The molecule has 3 aromatic rings. The molecule has 13 heteroatoms. The van der Waals surface area contributed by atoms with E-state index >= 15 is 0 Å². The normalized spacial score (nSPS) is 21.5. The van der Waals surface area contributed by atoms with Gasteiger partial charge in [-0.15, -0.1) is 0 Å². The van der Waals surface area contributed by atoms with Crippen LogP contribution in [0.4, 0.5) is 30.8 Å². The van der Waals surface area contributed by atoms with Crippen LogP contribution in [0.3, 0.4) is 0 Å². The molecule has 0 spiro atoms. The maximum Gasteiger partial charge on any atom is 0.252 e. The lowest BCUT2D eigenvalue weighted by molar-refractivity contribution is -0.122. The Morgan fingerprint density at radius 1 is 1.22 bits per heavy atom. The number of carbonyl (C=O) groups excluding carboxylic acids is 1. The molecule has 2 saturated carbocycles. The summed E-state index contributed by atoms with van der Waals surface area (Å²) in [6.07, 6.45) is 3.20. The van der Waals surface area contributed by atoms with E-state index in [1.165, 1.54) is 12.3 Å². The minimum Gasteiger partial charge on any atom is -0.369 e. The molecule has 188 valence electrons. The van der Waals surface area contributed by atoms with E-state index in [1.807, 2.05) is 6.07 Å². The monoisotopic (exact) mass is 518 g/mol. The quantitative estimate of drug-likeness (QED) is 0.432. The van der Waals surface area contributed by atoms with Crippen molar-refractivity contribution in [3.8, 4) is 6.07 Å². The largest absolute Gasteiger partial charge is 0.369 e. The van der Waals surface area contributed by atoms with E-state index in [2.05, 4.69) is 25.6 Å². The summed E-state index contributed by atoms with van der Waals surface area (Å²) in [6.45, 7) is 0. The molecule has 36 heavy (non-hydrogen) atoms. The van der Waals surface area contributed by atoms with Crippen molar-refractivity contribution in [3.05, 3.63) is 34.7 Å². The number of rotatable bonds is 6. The Kier molecular flexibility index (Phi) is 6.12. The van der Waals surface area contributed by atoms with Gasteiger partial charge in [-0.25, -0.2) is 23.1 Å². The summed E-state index contributed by atoms with van der Waals surface area (Å²) in [5.41, 5.74) is 6.33. The first-order valence-electron chi connectivity index (χ1n) is 11.5. The first-order chi connectivity index (χ1) is 17.1. The van der Waals surface area contributed by atoms with Crippen LogP contribution in [0.5, 0.6) is 0 Å². The van der Waals surface area contributed by atoms with Gasteiger partial charge in [0.2, 0.25) is 17.8 Å². The summed E-state index contributed by atoms with van der Waals surface area (Å²) < 4.78 is 43.1. The van der Waals surface area contributed by atoms with Crippen molar-refractivity contribution in [2.24, 2.45) is 11.7 Å². The number of aromatic nitrogens is 4. The van der Waals surface area contributed by atoms with E-state index in [0.717, 1.165) is 6.07 Å². The number of imidazole rings is 1. The van der Waals surface area contributed by atoms with Gasteiger partial charge >= 0.3 is 0 Å². The van der Waals surface area contributed by atoms with Gasteiger partial charge in [0, 0.05) is 30.8 Å². The molecule has 0 aliphatic heterocycles. The molecular weight excluding hydrogens is 497 g/mol. The summed E-state index contributed by atoms with van der Waals surface area (Å²) in [5.74, 6) is -3.56. The molecule has 4 N–H and O–H groups in total. The van der Waals surface area contributed by atoms with Crippen molar-refractivity contribution in [2.45, 2.75) is 56.5 Å². The van der Waals surface area contributed by atoms with E-state index in [-0.39, 0.29) is 58.9 Å². The fourth-order valence-corrected chi connectivity index (χ4v) is 5.08. The number of carbonyl (C=O) groups is 1. The smallest absolute Gasteiger partial charge is 0.252 e. The fraction of sp³-hybridized carbons (Fsp3) is 0.435. The number of fused-ring (bicyclic) bond motifs is 1. The van der Waals surface area contributed by atoms with Crippen LogP contribution in [-0.4, -0.2) is 37.4 Å². The minimum absolute atomic E-state index is 0.00180. The number of primary amides is 1. The molecule has 0 saturated heterocycles. The summed E-state index contributed by atoms with van der Waals surface area (Å²) in [4.78, 5) is 24.9. The average molecular weight is 519 g/mol. The van der Waals surface area contributed by atoms with Gasteiger partial charge in [-0.3, -0.25) is 9.36 Å². The molecule has 2 aromatic heterocycles. The molecule has 0 atom stereocenters. The second-order valence-corrected chi connectivity index (χ2v) is 9.68. The van der Waals surface area contributed by atoms with Crippen LogP contribution >= 0.6 is 11.6 Å². The number of benzene rings is 1. The zero-order chi connectivity index (χ0) is 25.6. The second kappa shape index (κ2) is 9.13. The Labute approximate surface area is 208 Å². The van der Waals surface area contributed by atoms with Gasteiger partial charge in [0.05, 0.1) is 28.5 Å². The number of anilines is 3. The van der Waals surface area contributed by atoms with Crippen LogP contribution in [-0.2, 0) is 4.79 Å². The Morgan fingerprint density at radius 3 is 2.56 bits per heavy atom. The molecule has 9 nitrogen and oxygen atoms in total. The van der Waals surface area contributed by atoms with Crippen molar-refractivity contribution in [1.82, 2.24) is 19.5 Å². The Morgan fingerprint density at radius 2 is 1.94 bits per heavy atom. The predicted octanol–water partition coefficient (Wildman–Crippen LogP) is 4.66. The van der Waals surface area contributed by atoms with Gasteiger partial charge < -0.3 is 16.4 Å². The van der Waals surface area contributed by atoms with E-state index in [9.17, 15) is 18.0 Å². The molecule has 2 aliphatic rings. The van der Waals surface area contributed by atoms with Gasteiger partial charge in [0.25, 0.3) is 5.92 Å². The number of hydrogen-bond acceptors (Lipinski definition) is 7. The highest BCUT2D eigenvalue weighted by atomic mass is 35.5. The minimum atomic E-state index is -2.69. The molecule has 0 bridgehead atoms. The number of nitriles is 1. The van der Waals surface area contributed by atoms with Gasteiger partial charge in [0.1, 0.15) is 11.3 Å². The Hall–Kier alpha value is -3.59. The van der Waals surface area contributed by atoms with Crippen molar-refractivity contribution >= 4 is 46.3 Å². The number of hydrogen-bond donors (Lipinski definition) is 3. The van der Waals surface area contributed by atoms with Gasteiger partial charge in [-0.05, 0) is 37.8 Å². The van der Waals surface area contributed by atoms with E-state index in [1.54, 1.807) is 4.57 Å². The molecule has 2 fully saturated rings. The molecular formula is C23H22ClF3N8O. The molecule has 5 rings (SSSR count). The van der Waals surface area contributed by atoms with Gasteiger partial charge in [-0.2, -0.15) is 10.2 Å². The highest BCUT2D eigenvalue weighted by Crippen LogP contribution is 2.40. The first kappa shape index (κ1) is 24.1. The maximum absolute atomic E-state index is 14.8. The second-order valence-electron chi connectivity index (χ2n) is 9.27. The maximum atomic E-state index is 14.8. The van der Waals surface area contributed by atoms with E-state index < -0.39 is 17.8 Å². The van der Waals surface area contributed by atoms with Gasteiger partial charge in [0.15, 0.2) is 5.65 Å². The highest BCUT2D eigenvalue weighted by molar-refractivity contribution is 6.33. The van der Waals surface area contributed by atoms with Crippen molar-refractivity contribution in [1.29, 1.82) is 5.26 Å². The van der Waals surface area contributed by atoms with Crippen LogP contribution in [0.15, 0.2) is 18.3 Å². The molecule has 2 aliphatic carbocycles. The number of nitrogens with zero attached hydrogens (tertiary/aromatic N) is 5. The summed E-state index contributed by atoms with van der Waals surface area (Å²) >= 11 is 6.24. The summed E-state index contributed by atoms with van der Waals surface area (Å²) in [7, 11) is 0. The van der Waals surface area contributed by atoms with E-state index in [4.69, 9.17) is 22.6 Å². The first-order valence-corrected chi connectivity index (χ1v) is 11.9. The standard InChI is InChI=1S/C23H22ClF3N8O/c24-15-5-11(9-28)6-16(25)18(15)33-22-32-17-10-30-21(31-13-7-23(26,27)8-13)34-20(17)35(22)14-3-1-12(2-4-14)19(29)36/h5-6,10,12-14H,1-4,7-8H2,(H2,29,36)(H,32,33)(H,30,31,34)/t12-,14+. The number of nitrogens with two attached hydrogens (primary N) is 1. The predicted molar refractivity (Wildman–Crippen MR) is 127 cm³/mol. The summed E-state index contributed by atoms with van der Waals surface area (Å²) in [5, 5.41) is 14.9. The van der Waals surface area contributed by atoms with Crippen molar-refractivity contribution in [3.63, 3.8) is 0 Å². The van der Waals surface area contributed by atoms with Crippen LogP contribution < -0.4 is 16.4 Å². The molecule has 0 unspecified atom stereocenters. The van der Waals surface area contributed by atoms with Crippen LogP contribution in [0.2, 0.25) is 5.02 Å². The number of nitrogens with one attached hydrogen (secondary N) is 2. The molecule has 0 radical (unpaired) electrons. The SMILES string of the molecule is N#Cc1cc(F)c(Nc2nc3cnc(NC4CC(F)(F)C4)nc3n2[C@H]2CC[C@@H](C(N)=O)CC2)c(Cl)c1. The van der Waals surface area contributed by atoms with Gasteiger partial charge in [-0.1, -0.05) is 11.6 Å². The third-order valence-corrected chi connectivity index (χ3v) is 7.03. The topological polar surface area (TPSA) is 135 Å². The number of alkyl halides is 2. The Bertz CT molecular complexity index is 1350. The molecule has 1 aromatic carbocycles. The fourth-order valence-electron chi connectivity index (χ4n) is 4.83. The van der Waals surface area contributed by atoms with Crippen LogP contribution in [0, 0.1) is 23.1 Å².